The van der Waals surface area contributed by atoms with E-state index < -0.39 is 39.6 Å². The summed E-state index contributed by atoms with van der Waals surface area (Å²) in [5.74, 6) is -1.62. The first-order valence-electron chi connectivity index (χ1n) is 12.1. The summed E-state index contributed by atoms with van der Waals surface area (Å²) in [5, 5.41) is 8.21. The van der Waals surface area contributed by atoms with Crippen LogP contribution < -0.4 is 20.7 Å². The Morgan fingerprint density at radius 3 is 2.50 bits per heavy atom. The molecule has 198 valence electrons. The number of amides is 4. The minimum Gasteiger partial charge on any atom is -0.491 e. The zero-order valence-corrected chi connectivity index (χ0v) is 21.4. The molecule has 2 atom stereocenters. The van der Waals surface area contributed by atoms with Gasteiger partial charge in [0.15, 0.2) is 9.84 Å². The average Bonchev–Trinajstić information content (AvgIpc) is 2.83. The van der Waals surface area contributed by atoms with Crippen LogP contribution in [0.1, 0.15) is 43.5 Å². The molecule has 1 fully saturated rings. The average molecular weight is 523 g/mol. The number of ether oxygens (including phenoxy) is 1. The third-order valence-corrected chi connectivity index (χ3v) is 7.68. The molecule has 2 heterocycles. The molecule has 12 heteroatoms. The first-order chi connectivity index (χ1) is 17.1. The number of hydrogen-bond donors (Lipinski definition) is 3. The highest BCUT2D eigenvalue weighted by Gasteiger charge is 2.32. The molecule has 0 radical (unpaired) electrons. The molecule has 2 aliphatic heterocycles. The Bertz CT molecular complexity index is 1080. The molecule has 0 aromatic heterocycles. The van der Waals surface area contributed by atoms with Gasteiger partial charge in [0.25, 0.3) is 5.91 Å². The number of nitrogens with one attached hydrogen (secondary N) is 3. The number of rotatable bonds is 3. The van der Waals surface area contributed by atoms with Gasteiger partial charge in [-0.3, -0.25) is 19.2 Å². The topological polar surface area (TPSA) is 151 Å². The van der Waals surface area contributed by atoms with Gasteiger partial charge in [0.2, 0.25) is 17.7 Å². The zero-order chi connectivity index (χ0) is 26.3. The highest BCUT2D eigenvalue weighted by atomic mass is 32.2. The van der Waals surface area contributed by atoms with Crippen molar-refractivity contribution in [2.75, 3.05) is 37.7 Å². The maximum atomic E-state index is 13.3. The monoisotopic (exact) mass is 522 g/mol. The molecule has 0 unspecified atom stereocenters. The van der Waals surface area contributed by atoms with Crippen LogP contribution in [-0.2, 0) is 24.2 Å². The molecule has 1 aromatic carbocycles. The maximum Gasteiger partial charge on any atom is 0.255 e. The Morgan fingerprint density at radius 1 is 1.11 bits per heavy atom. The Balaban J connectivity index is 1.85. The lowest BCUT2D eigenvalue weighted by Crippen LogP contribution is -2.53. The van der Waals surface area contributed by atoms with Crippen molar-refractivity contribution in [1.82, 2.24) is 20.9 Å². The fraction of sp³-hybridized carbons (Fsp3) is 0.583. The number of nitrogens with zero attached hydrogens (tertiary/aromatic N) is 1. The third kappa shape index (κ3) is 7.67. The third-order valence-electron chi connectivity index (χ3n) is 6.07. The Morgan fingerprint density at radius 2 is 1.81 bits per heavy atom. The fourth-order valence-electron chi connectivity index (χ4n) is 4.13. The first kappa shape index (κ1) is 27.4. The van der Waals surface area contributed by atoms with E-state index in [1.807, 2.05) is 13.8 Å². The van der Waals surface area contributed by atoms with Crippen molar-refractivity contribution in [3.05, 3.63) is 29.8 Å². The number of carbonyl (C=O) groups excluding carboxylic acids is 4. The minimum atomic E-state index is -3.20. The van der Waals surface area contributed by atoms with E-state index >= 15 is 0 Å². The molecule has 1 aromatic rings. The van der Waals surface area contributed by atoms with E-state index in [9.17, 15) is 27.6 Å². The Labute approximate surface area is 211 Å². The molecule has 2 aliphatic rings. The van der Waals surface area contributed by atoms with Crippen molar-refractivity contribution < 1.29 is 32.3 Å². The smallest absolute Gasteiger partial charge is 0.255 e. The standard InChI is InChI=1S/C24H34N4O7S/c1-16(2)15-19-23(31)25-9-12-35-20-6-4-3-5-17(20)22(30)27-18(7-8-21(29)26-19)24(32)28-10-13-36(33,34)14-11-28/h3-6,16,18-19H,7-15H2,1-2H3,(H,25,31)(H,26,29)(H,27,30)/t18-,19+/m0/s1. The van der Waals surface area contributed by atoms with Crippen molar-refractivity contribution in [1.29, 1.82) is 0 Å². The van der Waals surface area contributed by atoms with Crippen LogP contribution in [0.3, 0.4) is 0 Å². The number of para-hydroxylation sites is 1. The second-order valence-electron chi connectivity index (χ2n) is 9.43. The molecule has 3 N–H and O–H groups in total. The van der Waals surface area contributed by atoms with Crippen LogP contribution in [-0.4, -0.2) is 86.8 Å². The summed E-state index contributed by atoms with van der Waals surface area (Å²) in [5.41, 5.74) is 0.208. The first-order valence-corrected chi connectivity index (χ1v) is 14.0. The number of carbonyl (C=O) groups is 4. The largest absolute Gasteiger partial charge is 0.491 e. The highest BCUT2D eigenvalue weighted by Crippen LogP contribution is 2.19. The van der Waals surface area contributed by atoms with Gasteiger partial charge in [-0.1, -0.05) is 26.0 Å². The summed E-state index contributed by atoms with van der Waals surface area (Å²) in [6.45, 7) is 4.21. The number of fused-ring (bicyclic) bond motifs is 1. The quantitative estimate of drug-likeness (QED) is 0.500. The lowest BCUT2D eigenvalue weighted by molar-refractivity contribution is -0.133. The number of benzene rings is 1. The van der Waals surface area contributed by atoms with Crippen molar-refractivity contribution in [2.45, 2.75) is 45.2 Å². The molecule has 0 saturated carbocycles. The van der Waals surface area contributed by atoms with Gasteiger partial charge in [0.05, 0.1) is 23.6 Å². The van der Waals surface area contributed by atoms with Gasteiger partial charge in [-0.2, -0.15) is 0 Å². The van der Waals surface area contributed by atoms with Crippen LogP contribution in [0.25, 0.3) is 0 Å². The molecule has 4 amide bonds. The van der Waals surface area contributed by atoms with Gasteiger partial charge in [-0.25, -0.2) is 8.42 Å². The number of hydrogen-bond acceptors (Lipinski definition) is 7. The van der Waals surface area contributed by atoms with Crippen molar-refractivity contribution in [3.8, 4) is 5.75 Å². The lowest BCUT2D eigenvalue weighted by Gasteiger charge is -2.30. The van der Waals surface area contributed by atoms with Crippen LogP contribution in [0.15, 0.2) is 24.3 Å². The Hall–Kier alpha value is -3.15. The van der Waals surface area contributed by atoms with Crippen LogP contribution >= 0.6 is 0 Å². The summed E-state index contributed by atoms with van der Waals surface area (Å²) in [6, 6.07) is 4.74. The van der Waals surface area contributed by atoms with E-state index in [4.69, 9.17) is 4.74 Å². The molecule has 3 rings (SSSR count). The van der Waals surface area contributed by atoms with Gasteiger partial charge in [0, 0.05) is 19.5 Å². The van der Waals surface area contributed by atoms with Gasteiger partial charge in [-0.15, -0.1) is 0 Å². The van der Waals surface area contributed by atoms with E-state index in [1.165, 1.54) is 4.90 Å². The second-order valence-corrected chi connectivity index (χ2v) is 11.7. The maximum absolute atomic E-state index is 13.3. The lowest BCUT2D eigenvalue weighted by atomic mass is 10.0. The fourth-order valence-corrected chi connectivity index (χ4v) is 5.33. The normalized spacial score (nSPS) is 23.8. The van der Waals surface area contributed by atoms with Crippen LogP contribution in [0, 0.1) is 5.92 Å². The molecular formula is C24H34N4O7S. The second kappa shape index (κ2) is 12.2. The van der Waals surface area contributed by atoms with Crippen molar-refractivity contribution in [3.63, 3.8) is 0 Å². The van der Waals surface area contributed by atoms with Crippen LogP contribution in [0.2, 0.25) is 0 Å². The zero-order valence-electron chi connectivity index (χ0n) is 20.6. The van der Waals surface area contributed by atoms with Crippen LogP contribution in [0.5, 0.6) is 5.75 Å². The van der Waals surface area contributed by atoms with E-state index in [0.717, 1.165) is 0 Å². The summed E-state index contributed by atoms with van der Waals surface area (Å²) in [7, 11) is -3.20. The van der Waals surface area contributed by atoms with Gasteiger partial charge in [0.1, 0.15) is 24.4 Å². The Kier molecular flexibility index (Phi) is 9.30. The van der Waals surface area contributed by atoms with E-state index in [-0.39, 0.29) is 68.0 Å². The van der Waals surface area contributed by atoms with Gasteiger partial charge >= 0.3 is 0 Å². The summed E-state index contributed by atoms with van der Waals surface area (Å²) < 4.78 is 29.3. The molecule has 0 aliphatic carbocycles. The van der Waals surface area contributed by atoms with Crippen molar-refractivity contribution >= 4 is 33.5 Å². The van der Waals surface area contributed by atoms with Crippen molar-refractivity contribution in [2.24, 2.45) is 5.92 Å². The predicted octanol–water partition coefficient (Wildman–Crippen LogP) is -0.138. The summed E-state index contributed by atoms with van der Waals surface area (Å²) in [6.07, 6.45) is 0.310. The van der Waals surface area contributed by atoms with E-state index in [0.29, 0.717) is 12.2 Å². The molecular weight excluding hydrogens is 488 g/mol. The highest BCUT2D eigenvalue weighted by molar-refractivity contribution is 7.91. The SMILES string of the molecule is CC(C)C[C@H]1NC(=O)CC[C@@H](C(=O)N2CCS(=O)(=O)CC2)NC(=O)c2ccccc2OCCNC1=O. The number of sulfone groups is 1. The summed E-state index contributed by atoms with van der Waals surface area (Å²) >= 11 is 0. The minimum absolute atomic E-state index is 0.0152. The molecule has 36 heavy (non-hydrogen) atoms. The van der Waals surface area contributed by atoms with E-state index in [1.54, 1.807) is 24.3 Å². The van der Waals surface area contributed by atoms with Gasteiger partial charge < -0.3 is 25.6 Å². The predicted molar refractivity (Wildman–Crippen MR) is 132 cm³/mol. The summed E-state index contributed by atoms with van der Waals surface area (Å²) in [4.78, 5) is 53.2. The molecule has 1 saturated heterocycles. The molecule has 0 bridgehead atoms. The molecule has 11 nitrogen and oxygen atoms in total. The van der Waals surface area contributed by atoms with E-state index in [2.05, 4.69) is 16.0 Å². The molecule has 0 spiro atoms. The van der Waals surface area contributed by atoms with Crippen LogP contribution in [0.4, 0.5) is 0 Å². The van der Waals surface area contributed by atoms with Gasteiger partial charge in [-0.05, 0) is 30.9 Å².